The van der Waals surface area contributed by atoms with Crippen molar-refractivity contribution in [2.75, 3.05) is 0 Å². The number of halogens is 2. The van der Waals surface area contributed by atoms with Gasteiger partial charge in [-0.2, -0.15) is 0 Å². The molecular weight excluding hydrogens is 255 g/mol. The quantitative estimate of drug-likeness (QED) is 0.702. The molecule has 0 saturated heterocycles. The van der Waals surface area contributed by atoms with Crippen molar-refractivity contribution in [3.8, 4) is 16.9 Å². The number of phenols is 1. The Morgan fingerprint density at radius 3 is 2.94 bits per heavy atom. The minimum absolute atomic E-state index is 0.112. The van der Waals surface area contributed by atoms with E-state index in [1.54, 1.807) is 12.4 Å². The number of nitrogens with one attached hydrogen (secondary N) is 1. The van der Waals surface area contributed by atoms with Gasteiger partial charge in [0.25, 0.3) is 0 Å². The smallest absolute Gasteiger partial charge is 0.137 e. The van der Waals surface area contributed by atoms with Crippen molar-refractivity contribution in [1.29, 1.82) is 0 Å². The highest BCUT2D eigenvalue weighted by molar-refractivity contribution is 6.32. The lowest BCUT2D eigenvalue weighted by molar-refractivity contribution is 0.469. The number of H-pyrrole nitrogens is 1. The van der Waals surface area contributed by atoms with E-state index >= 15 is 0 Å². The number of nitrogens with zero attached hydrogens (tertiary/aromatic N) is 1. The van der Waals surface area contributed by atoms with Gasteiger partial charge in [0.2, 0.25) is 0 Å². The fourth-order valence-electron chi connectivity index (χ4n) is 1.84. The zero-order valence-corrected chi connectivity index (χ0v) is 9.87. The molecule has 0 atom stereocenters. The first-order valence-electron chi connectivity index (χ1n) is 5.26. The highest BCUT2D eigenvalue weighted by Crippen LogP contribution is 2.32. The number of fused-ring (bicyclic) bond motifs is 1. The van der Waals surface area contributed by atoms with Gasteiger partial charge >= 0.3 is 0 Å². The largest absolute Gasteiger partial charge is 0.506 e. The number of benzene rings is 1. The van der Waals surface area contributed by atoms with Gasteiger partial charge < -0.3 is 10.1 Å². The van der Waals surface area contributed by atoms with Crippen molar-refractivity contribution in [3.05, 3.63) is 47.5 Å². The number of aromatic hydroxyl groups is 1. The minimum Gasteiger partial charge on any atom is -0.506 e. The lowest BCUT2D eigenvalue weighted by Gasteiger charge is -2.05. The van der Waals surface area contributed by atoms with E-state index in [0.29, 0.717) is 11.1 Å². The average molecular weight is 263 g/mol. The SMILES string of the molecule is Oc1cc(F)c(-c2cnc3[nH]ccc3c2)cc1Cl. The van der Waals surface area contributed by atoms with Gasteiger partial charge in [-0.15, -0.1) is 0 Å². The van der Waals surface area contributed by atoms with Crippen LogP contribution in [0.25, 0.3) is 22.2 Å². The number of aromatic nitrogens is 2. The Balaban J connectivity index is 2.21. The number of aromatic amines is 1. The molecule has 2 aromatic heterocycles. The Kier molecular flexibility index (Phi) is 2.45. The van der Waals surface area contributed by atoms with Gasteiger partial charge in [-0.05, 0) is 18.2 Å². The lowest BCUT2D eigenvalue weighted by Crippen LogP contribution is -1.87. The van der Waals surface area contributed by atoms with Gasteiger partial charge in [0.1, 0.15) is 17.2 Å². The summed E-state index contributed by atoms with van der Waals surface area (Å²) in [5, 5.41) is 10.3. The van der Waals surface area contributed by atoms with Gasteiger partial charge in [-0.3, -0.25) is 0 Å². The summed E-state index contributed by atoms with van der Waals surface area (Å²) in [6.07, 6.45) is 3.33. The van der Waals surface area contributed by atoms with Crippen LogP contribution in [0.5, 0.6) is 5.75 Å². The number of hydrogen-bond donors (Lipinski definition) is 2. The van der Waals surface area contributed by atoms with E-state index in [0.717, 1.165) is 17.1 Å². The third-order valence-corrected chi connectivity index (χ3v) is 3.05. The van der Waals surface area contributed by atoms with Gasteiger partial charge in [0.15, 0.2) is 0 Å². The van der Waals surface area contributed by atoms with E-state index < -0.39 is 5.82 Å². The summed E-state index contributed by atoms with van der Waals surface area (Å²) in [5.41, 5.74) is 1.67. The van der Waals surface area contributed by atoms with Crippen LogP contribution in [-0.4, -0.2) is 15.1 Å². The van der Waals surface area contributed by atoms with Crippen molar-refractivity contribution in [3.63, 3.8) is 0 Å². The van der Waals surface area contributed by atoms with Gasteiger partial charge in [0, 0.05) is 35.0 Å². The Hall–Kier alpha value is -2.07. The Labute approximate surface area is 107 Å². The second-order valence-electron chi connectivity index (χ2n) is 3.92. The molecule has 0 spiro atoms. The maximum Gasteiger partial charge on any atom is 0.137 e. The maximum atomic E-state index is 13.8. The van der Waals surface area contributed by atoms with E-state index in [1.165, 1.54) is 6.07 Å². The van der Waals surface area contributed by atoms with Crippen LogP contribution in [0.4, 0.5) is 4.39 Å². The van der Waals surface area contributed by atoms with Gasteiger partial charge in [-0.25, -0.2) is 9.37 Å². The summed E-state index contributed by atoms with van der Waals surface area (Å²) in [6, 6.07) is 6.05. The lowest BCUT2D eigenvalue weighted by atomic mass is 10.1. The van der Waals surface area contributed by atoms with Crippen LogP contribution >= 0.6 is 11.6 Å². The zero-order valence-electron chi connectivity index (χ0n) is 9.11. The molecule has 0 aliphatic rings. The number of phenolic OH excluding ortho intramolecular Hbond substituents is 1. The predicted molar refractivity (Wildman–Crippen MR) is 68.2 cm³/mol. The topological polar surface area (TPSA) is 48.9 Å². The van der Waals surface area contributed by atoms with Crippen LogP contribution in [0.15, 0.2) is 36.7 Å². The van der Waals surface area contributed by atoms with Gasteiger partial charge in [-0.1, -0.05) is 11.6 Å². The number of pyridine rings is 1. The first-order chi connectivity index (χ1) is 8.65. The summed E-state index contributed by atoms with van der Waals surface area (Å²) in [6.45, 7) is 0. The molecule has 3 aromatic rings. The zero-order chi connectivity index (χ0) is 12.7. The average Bonchev–Trinajstić information content (AvgIpc) is 2.80. The van der Waals surface area contributed by atoms with Crippen LogP contribution in [-0.2, 0) is 0 Å². The Morgan fingerprint density at radius 1 is 1.28 bits per heavy atom. The van der Waals surface area contributed by atoms with Crippen molar-refractivity contribution < 1.29 is 9.50 Å². The Bertz CT molecular complexity index is 739. The van der Waals surface area contributed by atoms with Gasteiger partial charge in [0.05, 0.1) is 5.02 Å². The normalized spacial score (nSPS) is 11.0. The third-order valence-electron chi connectivity index (χ3n) is 2.75. The van der Waals surface area contributed by atoms with Crippen LogP contribution in [0, 0.1) is 5.82 Å². The van der Waals surface area contributed by atoms with E-state index in [-0.39, 0.29) is 10.8 Å². The fraction of sp³-hybridized carbons (Fsp3) is 0. The maximum absolute atomic E-state index is 13.8. The first kappa shape index (κ1) is 11.0. The summed E-state index contributed by atoms with van der Waals surface area (Å²) in [5.74, 6) is -0.804. The van der Waals surface area contributed by atoms with Crippen LogP contribution in [0.3, 0.4) is 0 Å². The molecular formula is C13H8ClFN2O. The standard InChI is InChI=1S/C13H8ClFN2O/c14-10-4-9(11(15)5-12(10)18)8-3-7-1-2-16-13(7)17-6-8/h1-6,18H,(H,16,17). The molecule has 1 aromatic carbocycles. The molecule has 0 radical (unpaired) electrons. The minimum atomic E-state index is -0.534. The number of hydrogen-bond acceptors (Lipinski definition) is 2. The summed E-state index contributed by atoms with van der Waals surface area (Å²) in [7, 11) is 0. The third kappa shape index (κ3) is 1.71. The van der Waals surface area contributed by atoms with Crippen molar-refractivity contribution in [1.82, 2.24) is 9.97 Å². The second-order valence-corrected chi connectivity index (χ2v) is 4.33. The molecule has 0 saturated carbocycles. The number of rotatable bonds is 1. The molecule has 90 valence electrons. The van der Waals surface area contributed by atoms with Crippen LogP contribution < -0.4 is 0 Å². The van der Waals surface area contributed by atoms with E-state index in [2.05, 4.69) is 9.97 Å². The van der Waals surface area contributed by atoms with Crippen molar-refractivity contribution in [2.24, 2.45) is 0 Å². The molecule has 18 heavy (non-hydrogen) atoms. The highest BCUT2D eigenvalue weighted by atomic mass is 35.5. The Morgan fingerprint density at radius 2 is 2.11 bits per heavy atom. The van der Waals surface area contributed by atoms with E-state index in [1.807, 2.05) is 12.1 Å². The molecule has 0 aliphatic heterocycles. The summed E-state index contributed by atoms with van der Waals surface area (Å²) >= 11 is 5.79. The van der Waals surface area contributed by atoms with E-state index in [9.17, 15) is 9.50 Å². The highest BCUT2D eigenvalue weighted by Gasteiger charge is 2.11. The molecule has 5 heteroatoms. The summed E-state index contributed by atoms with van der Waals surface area (Å²) < 4.78 is 13.8. The molecule has 3 nitrogen and oxygen atoms in total. The van der Waals surface area contributed by atoms with Crippen LogP contribution in [0.2, 0.25) is 5.02 Å². The summed E-state index contributed by atoms with van der Waals surface area (Å²) in [4.78, 5) is 7.15. The molecule has 0 fully saturated rings. The molecule has 2 heterocycles. The molecule has 0 amide bonds. The first-order valence-corrected chi connectivity index (χ1v) is 5.64. The molecule has 0 bridgehead atoms. The molecule has 0 aliphatic carbocycles. The fourth-order valence-corrected chi connectivity index (χ4v) is 2.01. The molecule has 3 rings (SSSR count). The second kappa shape index (κ2) is 3.99. The molecule has 0 unspecified atom stereocenters. The molecule has 2 N–H and O–H groups in total. The van der Waals surface area contributed by atoms with Crippen LogP contribution in [0.1, 0.15) is 0 Å². The van der Waals surface area contributed by atoms with Crippen molar-refractivity contribution >= 4 is 22.6 Å². The monoisotopic (exact) mass is 262 g/mol. The predicted octanol–water partition coefficient (Wildman–Crippen LogP) is 3.73. The van der Waals surface area contributed by atoms with Crippen molar-refractivity contribution in [2.45, 2.75) is 0 Å². The van der Waals surface area contributed by atoms with E-state index in [4.69, 9.17) is 11.6 Å².